The van der Waals surface area contributed by atoms with Crippen molar-refractivity contribution in [3.05, 3.63) is 11.3 Å². The maximum atomic E-state index is 5.57. The zero-order chi connectivity index (χ0) is 13.8. The zero-order valence-electron chi connectivity index (χ0n) is 12.5. The van der Waals surface area contributed by atoms with Gasteiger partial charge in [0.25, 0.3) is 0 Å². The quantitative estimate of drug-likeness (QED) is 0.815. The standard InChI is InChI=1S/C14H25N3O2/c1-5-19-14-12(3)13(4)17(15-14)11(2)10-16-6-8-18-9-7-16/h11H,5-10H2,1-4H3/t11-/m0/s1. The van der Waals surface area contributed by atoms with Gasteiger partial charge in [-0.1, -0.05) is 0 Å². The molecule has 5 nitrogen and oxygen atoms in total. The predicted octanol–water partition coefficient (Wildman–Crippen LogP) is 1.79. The van der Waals surface area contributed by atoms with Crippen molar-refractivity contribution in [3.8, 4) is 5.88 Å². The maximum Gasteiger partial charge on any atom is 0.235 e. The van der Waals surface area contributed by atoms with E-state index in [-0.39, 0.29) is 0 Å². The Labute approximate surface area is 115 Å². The molecule has 2 heterocycles. The Morgan fingerprint density at radius 2 is 2.00 bits per heavy atom. The number of nitrogens with zero attached hydrogens (tertiary/aromatic N) is 3. The van der Waals surface area contributed by atoms with E-state index < -0.39 is 0 Å². The van der Waals surface area contributed by atoms with Crippen LogP contribution in [0.5, 0.6) is 5.88 Å². The van der Waals surface area contributed by atoms with E-state index >= 15 is 0 Å². The summed E-state index contributed by atoms with van der Waals surface area (Å²) in [5.74, 6) is 0.772. The number of ether oxygens (including phenoxy) is 2. The molecule has 1 aliphatic heterocycles. The van der Waals surface area contributed by atoms with Crippen molar-refractivity contribution in [1.82, 2.24) is 14.7 Å². The van der Waals surface area contributed by atoms with Crippen LogP contribution in [0, 0.1) is 13.8 Å². The molecule has 0 amide bonds. The Morgan fingerprint density at radius 1 is 1.32 bits per heavy atom. The molecule has 0 bridgehead atoms. The fraction of sp³-hybridized carbons (Fsp3) is 0.786. The Balaban J connectivity index is 2.05. The maximum absolute atomic E-state index is 5.57. The first-order valence-electron chi connectivity index (χ1n) is 7.12. The molecule has 0 saturated carbocycles. The number of rotatable bonds is 5. The number of hydrogen-bond donors (Lipinski definition) is 0. The average molecular weight is 267 g/mol. The van der Waals surface area contributed by atoms with Crippen LogP contribution in [0.3, 0.4) is 0 Å². The van der Waals surface area contributed by atoms with Gasteiger partial charge in [-0.25, -0.2) is 0 Å². The molecule has 0 aromatic carbocycles. The van der Waals surface area contributed by atoms with E-state index in [9.17, 15) is 0 Å². The summed E-state index contributed by atoms with van der Waals surface area (Å²) in [5, 5.41) is 4.60. The van der Waals surface area contributed by atoms with E-state index in [0.29, 0.717) is 12.6 Å². The third-order valence-corrected chi connectivity index (χ3v) is 3.73. The fourth-order valence-electron chi connectivity index (χ4n) is 2.51. The van der Waals surface area contributed by atoms with E-state index in [4.69, 9.17) is 9.47 Å². The Kier molecular flexibility index (Phi) is 4.82. The van der Waals surface area contributed by atoms with Crippen LogP contribution in [0.4, 0.5) is 0 Å². The molecular weight excluding hydrogens is 242 g/mol. The van der Waals surface area contributed by atoms with E-state index in [2.05, 4.69) is 35.5 Å². The van der Waals surface area contributed by atoms with Gasteiger partial charge < -0.3 is 9.47 Å². The van der Waals surface area contributed by atoms with Crippen molar-refractivity contribution in [2.75, 3.05) is 39.5 Å². The van der Waals surface area contributed by atoms with Gasteiger partial charge in [-0.05, 0) is 27.7 Å². The molecule has 1 fully saturated rings. The lowest BCUT2D eigenvalue weighted by atomic mass is 10.2. The van der Waals surface area contributed by atoms with E-state index in [1.165, 1.54) is 5.69 Å². The molecule has 0 spiro atoms. The largest absolute Gasteiger partial charge is 0.477 e. The van der Waals surface area contributed by atoms with Gasteiger partial charge in [0.1, 0.15) is 0 Å². The third-order valence-electron chi connectivity index (χ3n) is 3.73. The minimum Gasteiger partial charge on any atom is -0.477 e. The van der Waals surface area contributed by atoms with Crippen molar-refractivity contribution in [3.63, 3.8) is 0 Å². The second kappa shape index (κ2) is 6.39. The highest BCUT2D eigenvalue weighted by Crippen LogP contribution is 2.23. The summed E-state index contributed by atoms with van der Waals surface area (Å²) in [6.07, 6.45) is 0. The molecule has 0 unspecified atom stereocenters. The van der Waals surface area contributed by atoms with Gasteiger partial charge in [-0.15, -0.1) is 5.10 Å². The normalized spacial score (nSPS) is 18.5. The fourth-order valence-corrected chi connectivity index (χ4v) is 2.51. The van der Waals surface area contributed by atoms with Crippen LogP contribution < -0.4 is 4.74 Å². The Bertz CT molecular complexity index is 411. The van der Waals surface area contributed by atoms with E-state index in [1.807, 2.05) is 6.92 Å². The molecule has 0 N–H and O–H groups in total. The molecule has 0 aliphatic carbocycles. The molecule has 1 aliphatic rings. The molecule has 108 valence electrons. The summed E-state index contributed by atoms with van der Waals surface area (Å²) in [7, 11) is 0. The summed E-state index contributed by atoms with van der Waals surface area (Å²) < 4.78 is 13.0. The smallest absolute Gasteiger partial charge is 0.235 e. The van der Waals surface area contributed by atoms with Crippen LogP contribution in [0.25, 0.3) is 0 Å². The van der Waals surface area contributed by atoms with Crippen molar-refractivity contribution in [2.45, 2.75) is 33.7 Å². The SMILES string of the molecule is CCOc1nn([C@@H](C)CN2CCOCC2)c(C)c1C. The molecule has 1 saturated heterocycles. The first kappa shape index (κ1) is 14.3. The molecule has 19 heavy (non-hydrogen) atoms. The topological polar surface area (TPSA) is 39.5 Å². The van der Waals surface area contributed by atoms with Crippen LogP contribution in [0.2, 0.25) is 0 Å². The first-order valence-corrected chi connectivity index (χ1v) is 7.12. The zero-order valence-corrected chi connectivity index (χ0v) is 12.5. The summed E-state index contributed by atoms with van der Waals surface area (Å²) in [5.41, 5.74) is 2.35. The highest BCUT2D eigenvalue weighted by Gasteiger charge is 2.19. The van der Waals surface area contributed by atoms with Gasteiger partial charge in [0.05, 0.1) is 25.9 Å². The summed E-state index contributed by atoms with van der Waals surface area (Å²) in [4.78, 5) is 2.44. The Morgan fingerprint density at radius 3 is 2.63 bits per heavy atom. The number of hydrogen-bond acceptors (Lipinski definition) is 4. The third kappa shape index (κ3) is 3.28. The van der Waals surface area contributed by atoms with Crippen molar-refractivity contribution in [2.24, 2.45) is 0 Å². The predicted molar refractivity (Wildman–Crippen MR) is 74.8 cm³/mol. The lowest BCUT2D eigenvalue weighted by Crippen LogP contribution is -2.39. The van der Waals surface area contributed by atoms with Gasteiger partial charge >= 0.3 is 0 Å². The molecule has 1 aromatic heterocycles. The van der Waals surface area contributed by atoms with Crippen LogP contribution in [0.1, 0.15) is 31.1 Å². The average Bonchev–Trinajstić information content (AvgIpc) is 2.69. The van der Waals surface area contributed by atoms with Gasteiger partial charge in [-0.2, -0.15) is 0 Å². The van der Waals surface area contributed by atoms with E-state index in [0.717, 1.165) is 44.3 Å². The molecular formula is C14H25N3O2. The number of aromatic nitrogens is 2. The number of morpholine rings is 1. The summed E-state index contributed by atoms with van der Waals surface area (Å²) in [6, 6.07) is 0.353. The van der Waals surface area contributed by atoms with Crippen LogP contribution >= 0.6 is 0 Å². The highest BCUT2D eigenvalue weighted by molar-refractivity contribution is 5.29. The van der Waals surface area contributed by atoms with Gasteiger partial charge in [0, 0.05) is 30.9 Å². The molecule has 5 heteroatoms. The molecule has 2 rings (SSSR count). The highest BCUT2D eigenvalue weighted by atomic mass is 16.5. The van der Waals surface area contributed by atoms with Crippen molar-refractivity contribution < 1.29 is 9.47 Å². The van der Waals surface area contributed by atoms with E-state index in [1.54, 1.807) is 0 Å². The van der Waals surface area contributed by atoms with Crippen LogP contribution in [0.15, 0.2) is 0 Å². The second-order valence-corrected chi connectivity index (χ2v) is 5.16. The first-order chi connectivity index (χ1) is 9.13. The minimum atomic E-state index is 0.353. The van der Waals surface area contributed by atoms with Crippen molar-refractivity contribution in [1.29, 1.82) is 0 Å². The van der Waals surface area contributed by atoms with Gasteiger partial charge in [-0.3, -0.25) is 9.58 Å². The minimum absolute atomic E-state index is 0.353. The van der Waals surface area contributed by atoms with Crippen LogP contribution in [-0.4, -0.2) is 54.1 Å². The lowest BCUT2D eigenvalue weighted by molar-refractivity contribution is 0.0317. The lowest BCUT2D eigenvalue weighted by Gasteiger charge is -2.29. The van der Waals surface area contributed by atoms with Crippen LogP contribution in [-0.2, 0) is 4.74 Å². The van der Waals surface area contributed by atoms with Gasteiger partial charge in [0.15, 0.2) is 0 Å². The summed E-state index contributed by atoms with van der Waals surface area (Å²) in [6.45, 7) is 13.8. The summed E-state index contributed by atoms with van der Waals surface area (Å²) >= 11 is 0. The van der Waals surface area contributed by atoms with Gasteiger partial charge in [0.2, 0.25) is 5.88 Å². The van der Waals surface area contributed by atoms with Crippen molar-refractivity contribution >= 4 is 0 Å². The molecule has 0 radical (unpaired) electrons. The monoisotopic (exact) mass is 267 g/mol. The Hall–Kier alpha value is -1.07. The second-order valence-electron chi connectivity index (χ2n) is 5.16. The molecule has 1 aromatic rings. The molecule has 1 atom stereocenters.